The minimum Gasteiger partial charge on any atom is -0.460 e. The molecule has 1 aromatic heterocycles. The van der Waals surface area contributed by atoms with Gasteiger partial charge in [0.05, 0.1) is 12.2 Å². The summed E-state index contributed by atoms with van der Waals surface area (Å²) in [6.07, 6.45) is 0. The van der Waals surface area contributed by atoms with Gasteiger partial charge < -0.3 is 14.5 Å². The zero-order valence-electron chi connectivity index (χ0n) is 14.3. The van der Waals surface area contributed by atoms with Crippen LogP contribution < -0.4 is 5.32 Å². The van der Waals surface area contributed by atoms with E-state index in [4.69, 9.17) is 20.8 Å². The van der Waals surface area contributed by atoms with E-state index in [0.717, 1.165) is 21.5 Å². The lowest BCUT2D eigenvalue weighted by Crippen LogP contribution is -2.83. The number of carbonyl (C=O) groups excluding carboxylic acids is 1. The van der Waals surface area contributed by atoms with Crippen LogP contribution >= 0.6 is 11.6 Å². The minimum atomic E-state index is -0.424. The van der Waals surface area contributed by atoms with Crippen molar-refractivity contribution in [3.8, 4) is 0 Å². The number of para-hydroxylation sites is 1. The van der Waals surface area contributed by atoms with E-state index in [1.54, 1.807) is 6.92 Å². The number of ether oxygens (including phenoxy) is 1. The van der Waals surface area contributed by atoms with Crippen molar-refractivity contribution < 1.29 is 19.3 Å². The van der Waals surface area contributed by atoms with Gasteiger partial charge in [0.2, 0.25) is 5.76 Å². The van der Waals surface area contributed by atoms with Crippen molar-refractivity contribution in [3.63, 3.8) is 0 Å². The van der Waals surface area contributed by atoms with E-state index in [-0.39, 0.29) is 11.8 Å². The Morgan fingerprint density at radius 3 is 2.68 bits per heavy atom. The van der Waals surface area contributed by atoms with Crippen LogP contribution in [0.15, 0.2) is 52.9 Å². The number of benzene rings is 2. The standard InChI is InChI=1S/C20H20ClNO3/c1-3-24-20(23)19-16(15-9-5-7-11-18(15)25-19)12-22-13(2)14-8-4-6-10-17(14)21/h4-11,13,22H,3,12H2,1-2H3/p+1/t13-/m1/s1. The number of quaternary nitrogens is 1. The van der Waals surface area contributed by atoms with Gasteiger partial charge in [0.25, 0.3) is 0 Å². The summed E-state index contributed by atoms with van der Waals surface area (Å²) < 4.78 is 10.9. The van der Waals surface area contributed by atoms with Crippen molar-refractivity contribution in [2.75, 3.05) is 6.61 Å². The minimum absolute atomic E-state index is 0.150. The van der Waals surface area contributed by atoms with Gasteiger partial charge in [-0.15, -0.1) is 0 Å². The molecule has 0 spiro atoms. The Kier molecular flexibility index (Phi) is 5.41. The Balaban J connectivity index is 1.88. The SMILES string of the molecule is CCOC(=O)c1oc2ccccc2c1C[NH2+][C@H](C)c1ccccc1Cl. The fourth-order valence-electron chi connectivity index (χ4n) is 2.93. The molecule has 0 fully saturated rings. The number of hydrogen-bond donors (Lipinski definition) is 1. The first-order valence-corrected chi connectivity index (χ1v) is 8.75. The van der Waals surface area contributed by atoms with Crippen molar-refractivity contribution in [1.29, 1.82) is 0 Å². The molecule has 2 aromatic carbocycles. The Bertz CT molecular complexity index is 888. The van der Waals surface area contributed by atoms with Gasteiger partial charge in [-0.1, -0.05) is 48.0 Å². The zero-order valence-corrected chi connectivity index (χ0v) is 15.0. The van der Waals surface area contributed by atoms with Gasteiger partial charge >= 0.3 is 5.97 Å². The van der Waals surface area contributed by atoms with E-state index in [9.17, 15) is 4.79 Å². The summed E-state index contributed by atoms with van der Waals surface area (Å²) in [6.45, 7) is 4.78. The van der Waals surface area contributed by atoms with Gasteiger partial charge in [-0.05, 0) is 26.0 Å². The largest absolute Gasteiger partial charge is 0.460 e. The van der Waals surface area contributed by atoms with Crippen LogP contribution in [0.3, 0.4) is 0 Å². The second kappa shape index (κ2) is 7.72. The van der Waals surface area contributed by atoms with E-state index >= 15 is 0 Å². The summed E-state index contributed by atoms with van der Waals surface area (Å²) in [6, 6.07) is 15.6. The molecule has 0 saturated heterocycles. The number of nitrogens with two attached hydrogens (primary N) is 1. The van der Waals surface area contributed by atoms with Crippen LogP contribution in [0.1, 0.15) is 41.6 Å². The smallest absolute Gasteiger partial charge is 0.374 e. The molecule has 0 unspecified atom stereocenters. The molecule has 0 radical (unpaired) electrons. The lowest BCUT2D eigenvalue weighted by atomic mass is 10.1. The first-order valence-electron chi connectivity index (χ1n) is 8.37. The third-order valence-electron chi connectivity index (χ3n) is 4.23. The number of carbonyl (C=O) groups is 1. The third-order valence-corrected chi connectivity index (χ3v) is 4.57. The number of esters is 1. The van der Waals surface area contributed by atoms with Crippen molar-refractivity contribution in [2.45, 2.75) is 26.4 Å². The second-order valence-corrected chi connectivity index (χ2v) is 6.28. The summed E-state index contributed by atoms with van der Waals surface area (Å²) in [7, 11) is 0. The highest BCUT2D eigenvalue weighted by molar-refractivity contribution is 6.31. The maximum atomic E-state index is 12.3. The van der Waals surface area contributed by atoms with Gasteiger partial charge in [0.1, 0.15) is 18.2 Å². The maximum absolute atomic E-state index is 12.3. The molecule has 0 bridgehead atoms. The number of hydrogen-bond acceptors (Lipinski definition) is 3. The van der Waals surface area contributed by atoms with Crippen LogP contribution in [-0.2, 0) is 11.3 Å². The highest BCUT2D eigenvalue weighted by atomic mass is 35.5. The predicted octanol–water partition coefficient (Wildman–Crippen LogP) is 4.09. The summed E-state index contributed by atoms with van der Waals surface area (Å²) in [5, 5.41) is 3.82. The molecular formula is C20H21ClNO3+. The van der Waals surface area contributed by atoms with Crippen LogP contribution in [-0.4, -0.2) is 12.6 Å². The zero-order chi connectivity index (χ0) is 17.8. The molecule has 0 amide bonds. The summed E-state index contributed by atoms with van der Waals surface area (Å²) in [4.78, 5) is 12.3. The fraction of sp³-hybridized carbons (Fsp3) is 0.250. The molecule has 3 rings (SSSR count). The average Bonchev–Trinajstić information content (AvgIpc) is 2.99. The van der Waals surface area contributed by atoms with Gasteiger partial charge in [0.15, 0.2) is 0 Å². The first kappa shape index (κ1) is 17.5. The monoisotopic (exact) mass is 358 g/mol. The molecule has 0 aliphatic carbocycles. The molecule has 0 aliphatic heterocycles. The quantitative estimate of drug-likeness (QED) is 0.675. The molecule has 2 N–H and O–H groups in total. The molecule has 5 heteroatoms. The highest BCUT2D eigenvalue weighted by Gasteiger charge is 2.23. The second-order valence-electron chi connectivity index (χ2n) is 5.88. The van der Waals surface area contributed by atoms with Crippen molar-refractivity contribution in [3.05, 3.63) is 70.4 Å². The van der Waals surface area contributed by atoms with Crippen LogP contribution in [0, 0.1) is 0 Å². The molecule has 130 valence electrons. The van der Waals surface area contributed by atoms with Gasteiger partial charge in [-0.2, -0.15) is 0 Å². The summed E-state index contributed by atoms with van der Waals surface area (Å²) in [5.41, 5.74) is 2.61. The van der Waals surface area contributed by atoms with Crippen LogP contribution in [0.25, 0.3) is 11.0 Å². The number of furan rings is 1. The van der Waals surface area contributed by atoms with E-state index in [2.05, 4.69) is 12.2 Å². The van der Waals surface area contributed by atoms with Crippen LogP contribution in [0.5, 0.6) is 0 Å². The maximum Gasteiger partial charge on any atom is 0.374 e. The fourth-order valence-corrected chi connectivity index (χ4v) is 3.24. The number of rotatable bonds is 6. The van der Waals surface area contributed by atoms with Gasteiger partial charge in [-0.3, -0.25) is 0 Å². The molecule has 3 aromatic rings. The normalized spacial score (nSPS) is 12.3. The van der Waals surface area contributed by atoms with Gasteiger partial charge in [0, 0.05) is 16.0 Å². The van der Waals surface area contributed by atoms with E-state index < -0.39 is 5.97 Å². The first-order chi connectivity index (χ1) is 12.1. The topological polar surface area (TPSA) is 56.0 Å². The highest BCUT2D eigenvalue weighted by Crippen LogP contribution is 2.26. The van der Waals surface area contributed by atoms with Crippen molar-refractivity contribution in [1.82, 2.24) is 0 Å². The van der Waals surface area contributed by atoms with E-state index in [1.807, 2.05) is 48.5 Å². The molecular weight excluding hydrogens is 338 g/mol. The van der Waals surface area contributed by atoms with Crippen molar-refractivity contribution in [2.24, 2.45) is 0 Å². The Labute approximate surface area is 151 Å². The summed E-state index contributed by atoms with van der Waals surface area (Å²) >= 11 is 6.29. The molecule has 4 nitrogen and oxygen atoms in total. The lowest BCUT2D eigenvalue weighted by Gasteiger charge is -2.12. The Hall–Kier alpha value is -2.30. The lowest BCUT2D eigenvalue weighted by molar-refractivity contribution is -0.707. The molecule has 1 atom stereocenters. The third kappa shape index (κ3) is 3.70. The van der Waals surface area contributed by atoms with E-state index in [1.165, 1.54) is 0 Å². The molecule has 25 heavy (non-hydrogen) atoms. The predicted molar refractivity (Wildman–Crippen MR) is 97.7 cm³/mol. The number of halogens is 1. The Morgan fingerprint density at radius 1 is 1.20 bits per heavy atom. The van der Waals surface area contributed by atoms with E-state index in [0.29, 0.717) is 18.7 Å². The summed E-state index contributed by atoms with van der Waals surface area (Å²) in [5.74, 6) is -0.141. The van der Waals surface area contributed by atoms with Gasteiger partial charge in [-0.25, -0.2) is 4.79 Å². The van der Waals surface area contributed by atoms with Crippen molar-refractivity contribution >= 4 is 28.5 Å². The molecule has 0 saturated carbocycles. The molecule has 1 heterocycles. The van der Waals surface area contributed by atoms with Crippen LogP contribution in [0.4, 0.5) is 0 Å². The average molecular weight is 359 g/mol. The molecule has 0 aliphatic rings. The Morgan fingerprint density at radius 2 is 1.92 bits per heavy atom. The number of fused-ring (bicyclic) bond motifs is 1. The van der Waals surface area contributed by atoms with Crippen LogP contribution in [0.2, 0.25) is 5.02 Å².